The molecular weight excluding hydrogens is 352 g/mol. The van der Waals surface area contributed by atoms with Gasteiger partial charge in [-0.1, -0.05) is 0 Å². The summed E-state index contributed by atoms with van der Waals surface area (Å²) in [7, 11) is 0. The van der Waals surface area contributed by atoms with Crippen molar-refractivity contribution in [1.29, 1.82) is 0 Å². The summed E-state index contributed by atoms with van der Waals surface area (Å²) in [5, 5.41) is 0. The van der Waals surface area contributed by atoms with Gasteiger partial charge in [-0.3, -0.25) is 0 Å². The van der Waals surface area contributed by atoms with Gasteiger partial charge in [0.1, 0.15) is 0 Å². The van der Waals surface area contributed by atoms with Crippen molar-refractivity contribution in [3.05, 3.63) is 0 Å². The maximum atomic E-state index is 2.69. The number of piperidine rings is 1. The van der Waals surface area contributed by atoms with Gasteiger partial charge in [0.25, 0.3) is 0 Å². The van der Waals surface area contributed by atoms with Crippen molar-refractivity contribution in [3.8, 4) is 0 Å². The van der Waals surface area contributed by atoms with Gasteiger partial charge >= 0.3 is 88.4 Å². The van der Waals surface area contributed by atoms with Crippen molar-refractivity contribution in [2.24, 2.45) is 0 Å². The van der Waals surface area contributed by atoms with E-state index >= 15 is 0 Å². The van der Waals surface area contributed by atoms with Crippen LogP contribution in [0.2, 0.25) is 0 Å². The molecule has 1 saturated heterocycles. The molecule has 3 heteroatoms. The van der Waals surface area contributed by atoms with E-state index in [9.17, 15) is 0 Å². The monoisotopic (exact) mass is 366 g/mol. The van der Waals surface area contributed by atoms with E-state index in [-0.39, 0.29) is 0 Å². The molecule has 0 aliphatic carbocycles. The molecule has 1 aliphatic heterocycles. The average molecular weight is 366 g/mol. The van der Waals surface area contributed by atoms with Crippen molar-refractivity contribution >= 4 is 22.6 Å². The third-order valence-corrected chi connectivity index (χ3v) is 5.52. The van der Waals surface area contributed by atoms with Crippen LogP contribution < -0.4 is 21.5 Å². The quantitative estimate of drug-likeness (QED) is 0.341. The second kappa shape index (κ2) is 5.13. The van der Waals surface area contributed by atoms with Crippen LogP contribution in [0.25, 0.3) is 0 Å². The molecule has 0 bridgehead atoms. The molecule has 0 aromatic carbocycles. The summed E-state index contributed by atoms with van der Waals surface area (Å²) in [4.78, 5) is 0. The predicted octanol–water partition coefficient (Wildman–Crippen LogP) is -1.09. The van der Waals surface area contributed by atoms with E-state index in [1.54, 1.807) is 0 Å². The molecule has 1 rings (SSSR count). The number of hydrogen-bond acceptors (Lipinski definition) is 1. The van der Waals surface area contributed by atoms with E-state index < -0.39 is 0 Å². The molecule has 0 amide bonds. The summed E-state index contributed by atoms with van der Waals surface area (Å²) in [6, 6.07) is 0. The predicted molar refractivity (Wildman–Crippen MR) is 49.2 cm³/mol. The van der Waals surface area contributed by atoms with Crippen molar-refractivity contribution < 1.29 is 21.5 Å². The first-order valence-corrected chi connectivity index (χ1v) is 7.55. The fraction of sp³-hybridized carbons (Fsp3) is 1.00. The van der Waals surface area contributed by atoms with Crippen LogP contribution in [0.15, 0.2) is 0 Å². The summed E-state index contributed by atoms with van der Waals surface area (Å²) in [5.74, 6) is 0. The van der Waals surface area contributed by atoms with Crippen molar-refractivity contribution in [2.45, 2.75) is 23.7 Å². The number of hydrogen-bond donors (Lipinski definition) is 0. The second-order valence-electron chi connectivity index (χ2n) is 2.47. The van der Waals surface area contributed by atoms with Crippen LogP contribution in [0.1, 0.15) is 19.8 Å². The van der Waals surface area contributed by atoms with Gasteiger partial charge in [0.2, 0.25) is 0 Å². The summed E-state index contributed by atoms with van der Waals surface area (Å²) in [5.41, 5.74) is 0. The van der Waals surface area contributed by atoms with Crippen molar-refractivity contribution in [3.63, 3.8) is 0 Å². The van der Waals surface area contributed by atoms with Crippen LogP contribution in [0.5, 0.6) is 0 Å². The van der Waals surface area contributed by atoms with Gasteiger partial charge in [-0.25, -0.2) is 0 Å². The van der Waals surface area contributed by atoms with Crippen LogP contribution >= 0.6 is 22.6 Å². The Morgan fingerprint density at radius 2 is 2.10 bits per heavy atom. The van der Waals surface area contributed by atoms with Crippen LogP contribution in [0.3, 0.4) is 0 Å². The fourth-order valence-electron chi connectivity index (χ4n) is 1.11. The Hall–Kier alpha value is 1.42. The molecular formula is C7H14I2N-. The fourth-order valence-corrected chi connectivity index (χ4v) is 3.87. The summed E-state index contributed by atoms with van der Waals surface area (Å²) in [6.07, 6.45) is 2.86. The zero-order chi connectivity index (χ0) is 7.40. The van der Waals surface area contributed by atoms with E-state index in [4.69, 9.17) is 0 Å². The summed E-state index contributed by atoms with van der Waals surface area (Å²) in [6.45, 7) is 5.08. The SMILES string of the molecule is CC[I-]N1CCC(I)CC1. The molecule has 0 aromatic heterocycles. The molecule has 0 atom stereocenters. The molecule has 0 N–H and O–H groups in total. The molecule has 0 aromatic rings. The summed E-state index contributed by atoms with van der Waals surface area (Å²) >= 11 is 3.00. The zero-order valence-electron chi connectivity index (χ0n) is 6.32. The van der Waals surface area contributed by atoms with E-state index in [1.807, 2.05) is 0 Å². The van der Waals surface area contributed by atoms with Gasteiger partial charge in [0.05, 0.1) is 0 Å². The van der Waals surface area contributed by atoms with Gasteiger partial charge in [-0.2, -0.15) is 0 Å². The van der Waals surface area contributed by atoms with E-state index in [1.165, 1.54) is 30.4 Å². The molecule has 0 spiro atoms. The second-order valence-corrected chi connectivity index (χ2v) is 7.81. The molecule has 10 heavy (non-hydrogen) atoms. The van der Waals surface area contributed by atoms with Crippen molar-refractivity contribution in [1.82, 2.24) is 3.11 Å². The van der Waals surface area contributed by atoms with Crippen LogP contribution in [0.4, 0.5) is 0 Å². The first-order chi connectivity index (χ1) is 4.83. The van der Waals surface area contributed by atoms with Crippen LogP contribution in [-0.2, 0) is 0 Å². The van der Waals surface area contributed by atoms with E-state index in [0.29, 0.717) is 21.5 Å². The standard InChI is InChI=1S/C7H14I2N/c1-2-9-10-5-3-7(8)4-6-10/h7H,2-6H2,1H3/q-1. The molecule has 1 fully saturated rings. The minimum atomic E-state index is 0.417. The molecule has 0 saturated carbocycles. The van der Waals surface area contributed by atoms with Crippen LogP contribution in [-0.4, -0.2) is 24.6 Å². The van der Waals surface area contributed by atoms with Gasteiger partial charge in [-0.05, 0) is 0 Å². The summed E-state index contributed by atoms with van der Waals surface area (Å²) < 4.78 is 5.08. The molecule has 1 nitrogen and oxygen atoms in total. The van der Waals surface area contributed by atoms with Gasteiger partial charge in [0, 0.05) is 0 Å². The Kier molecular flexibility index (Phi) is 4.88. The van der Waals surface area contributed by atoms with Crippen LogP contribution in [0, 0.1) is 0 Å². The minimum absolute atomic E-state index is 0.417. The number of alkyl halides is 2. The number of nitrogens with zero attached hydrogens (tertiary/aromatic N) is 1. The van der Waals surface area contributed by atoms with E-state index in [2.05, 4.69) is 32.6 Å². The number of halogens is 2. The third kappa shape index (κ3) is 3.21. The van der Waals surface area contributed by atoms with Crippen molar-refractivity contribution in [2.75, 3.05) is 17.5 Å². The Bertz CT molecular complexity index is 89.6. The Morgan fingerprint density at radius 1 is 1.50 bits per heavy atom. The molecule has 0 unspecified atom stereocenters. The van der Waals surface area contributed by atoms with Gasteiger partial charge < -0.3 is 0 Å². The third-order valence-electron chi connectivity index (χ3n) is 1.66. The molecule has 0 radical (unpaired) electrons. The maximum absolute atomic E-state index is 2.69. The number of rotatable bonds is 2. The van der Waals surface area contributed by atoms with Gasteiger partial charge in [0.15, 0.2) is 0 Å². The van der Waals surface area contributed by atoms with E-state index in [0.717, 1.165) is 3.92 Å². The molecule has 1 heterocycles. The Balaban J connectivity index is 2.13. The normalized spacial score (nSPS) is 23.8. The topological polar surface area (TPSA) is 3.24 Å². The average Bonchev–Trinajstić information content (AvgIpc) is 1.95. The van der Waals surface area contributed by atoms with Gasteiger partial charge in [-0.15, -0.1) is 0 Å². The first-order valence-electron chi connectivity index (χ1n) is 3.81. The zero-order valence-corrected chi connectivity index (χ0v) is 10.6. The molecule has 62 valence electrons. The Labute approximate surface area is 87.7 Å². The molecule has 1 aliphatic rings. The Morgan fingerprint density at radius 3 is 2.60 bits per heavy atom. The first kappa shape index (κ1) is 9.51.